The summed E-state index contributed by atoms with van der Waals surface area (Å²) in [6.45, 7) is 5.16. The van der Waals surface area contributed by atoms with Crippen molar-refractivity contribution in [3.8, 4) is 0 Å². The SMILES string of the molecule is COC(=O)/C=C1/C(=O)N2CC(C)(C)COC2=C1c1ccccc1. The molecule has 0 N–H and O–H groups in total. The number of hydrogen-bond donors (Lipinski definition) is 0. The summed E-state index contributed by atoms with van der Waals surface area (Å²) in [5.41, 5.74) is 1.67. The van der Waals surface area contributed by atoms with Crippen LogP contribution in [-0.4, -0.2) is 37.0 Å². The summed E-state index contributed by atoms with van der Waals surface area (Å²) in [6.07, 6.45) is 1.24. The highest BCUT2D eigenvalue weighted by Crippen LogP contribution is 2.41. The lowest BCUT2D eigenvalue weighted by Gasteiger charge is -2.37. The molecule has 5 heteroatoms. The van der Waals surface area contributed by atoms with Crippen molar-refractivity contribution in [2.24, 2.45) is 5.41 Å². The predicted octanol–water partition coefficient (Wildman–Crippen LogP) is 2.35. The Balaban J connectivity index is 2.14. The van der Waals surface area contributed by atoms with Crippen LogP contribution in [0, 0.1) is 5.41 Å². The van der Waals surface area contributed by atoms with Gasteiger partial charge in [0.05, 0.1) is 24.9 Å². The molecule has 2 aliphatic heterocycles. The molecule has 2 heterocycles. The first kappa shape index (κ1) is 15.3. The molecule has 120 valence electrons. The van der Waals surface area contributed by atoms with Crippen LogP contribution in [0.15, 0.2) is 47.9 Å². The minimum Gasteiger partial charge on any atom is -0.478 e. The Morgan fingerprint density at radius 1 is 1.30 bits per heavy atom. The van der Waals surface area contributed by atoms with Crippen molar-refractivity contribution >= 4 is 17.4 Å². The van der Waals surface area contributed by atoms with Gasteiger partial charge in [0, 0.05) is 18.0 Å². The second-order valence-corrected chi connectivity index (χ2v) is 6.47. The second-order valence-electron chi connectivity index (χ2n) is 6.47. The third-order valence-corrected chi connectivity index (χ3v) is 3.92. The zero-order valence-corrected chi connectivity index (χ0v) is 13.5. The van der Waals surface area contributed by atoms with Crippen molar-refractivity contribution in [2.45, 2.75) is 13.8 Å². The molecular weight excluding hydrogens is 294 g/mol. The first-order chi connectivity index (χ1) is 10.9. The van der Waals surface area contributed by atoms with Crippen LogP contribution >= 0.6 is 0 Å². The number of carbonyl (C=O) groups excluding carboxylic acids is 2. The summed E-state index contributed by atoms with van der Waals surface area (Å²) in [7, 11) is 1.29. The molecule has 0 bridgehead atoms. The fraction of sp³-hybridized carbons (Fsp3) is 0.333. The van der Waals surface area contributed by atoms with Crippen LogP contribution in [0.1, 0.15) is 19.4 Å². The lowest BCUT2D eigenvalue weighted by Crippen LogP contribution is -2.43. The molecule has 0 radical (unpaired) electrons. The smallest absolute Gasteiger partial charge is 0.331 e. The normalized spacial score (nSPS) is 21.3. The summed E-state index contributed by atoms with van der Waals surface area (Å²) in [4.78, 5) is 26.1. The average Bonchev–Trinajstić information content (AvgIpc) is 2.79. The van der Waals surface area contributed by atoms with Crippen LogP contribution in [0.3, 0.4) is 0 Å². The van der Waals surface area contributed by atoms with Crippen LogP contribution in [0.5, 0.6) is 0 Å². The third kappa shape index (κ3) is 2.74. The number of benzene rings is 1. The van der Waals surface area contributed by atoms with E-state index in [-0.39, 0.29) is 11.3 Å². The van der Waals surface area contributed by atoms with Gasteiger partial charge in [0.1, 0.15) is 0 Å². The van der Waals surface area contributed by atoms with Crippen LogP contribution < -0.4 is 0 Å². The summed E-state index contributed by atoms with van der Waals surface area (Å²) < 4.78 is 10.6. The van der Waals surface area contributed by atoms with E-state index in [1.807, 2.05) is 44.2 Å². The predicted molar refractivity (Wildman–Crippen MR) is 84.9 cm³/mol. The second kappa shape index (κ2) is 5.57. The molecule has 23 heavy (non-hydrogen) atoms. The van der Waals surface area contributed by atoms with E-state index < -0.39 is 5.97 Å². The van der Waals surface area contributed by atoms with Crippen molar-refractivity contribution in [1.29, 1.82) is 0 Å². The number of ether oxygens (including phenoxy) is 2. The maximum absolute atomic E-state index is 12.8. The fourth-order valence-electron chi connectivity index (χ4n) is 2.82. The Morgan fingerprint density at radius 2 is 2.00 bits per heavy atom. The summed E-state index contributed by atoms with van der Waals surface area (Å²) >= 11 is 0. The molecule has 1 fully saturated rings. The Kier molecular flexibility index (Phi) is 3.72. The van der Waals surface area contributed by atoms with E-state index in [1.54, 1.807) is 4.90 Å². The van der Waals surface area contributed by atoms with Gasteiger partial charge in [-0.1, -0.05) is 44.2 Å². The van der Waals surface area contributed by atoms with Crippen molar-refractivity contribution in [3.63, 3.8) is 0 Å². The Bertz CT molecular complexity index is 716. The molecule has 3 rings (SSSR count). The maximum Gasteiger partial charge on any atom is 0.331 e. The number of rotatable bonds is 2. The minimum absolute atomic E-state index is 0.137. The van der Waals surface area contributed by atoms with E-state index in [0.29, 0.717) is 30.2 Å². The summed E-state index contributed by atoms with van der Waals surface area (Å²) in [5.74, 6) is -0.255. The fourth-order valence-corrected chi connectivity index (χ4v) is 2.82. The van der Waals surface area contributed by atoms with Crippen LogP contribution in [0.25, 0.3) is 5.57 Å². The first-order valence-corrected chi connectivity index (χ1v) is 7.47. The van der Waals surface area contributed by atoms with Gasteiger partial charge in [0.2, 0.25) is 5.88 Å². The zero-order chi connectivity index (χ0) is 16.6. The van der Waals surface area contributed by atoms with Gasteiger partial charge < -0.3 is 9.47 Å². The van der Waals surface area contributed by atoms with E-state index >= 15 is 0 Å². The standard InChI is InChI=1S/C18H19NO4/c1-18(2)10-19-16(21)13(9-14(20)22-3)15(17(19)23-11-18)12-7-5-4-6-8-12/h4-9H,10-11H2,1-3H3/b13-9+. The number of esters is 1. The lowest BCUT2D eigenvalue weighted by atomic mass is 9.93. The highest BCUT2D eigenvalue weighted by molar-refractivity contribution is 6.17. The lowest BCUT2D eigenvalue weighted by molar-refractivity contribution is -0.136. The van der Waals surface area contributed by atoms with Crippen LogP contribution in [0.4, 0.5) is 0 Å². The van der Waals surface area contributed by atoms with Crippen LogP contribution in [0.2, 0.25) is 0 Å². The minimum atomic E-state index is -0.554. The van der Waals surface area contributed by atoms with Gasteiger partial charge in [-0.05, 0) is 5.56 Å². The average molecular weight is 313 g/mol. The van der Waals surface area contributed by atoms with Crippen molar-refractivity contribution < 1.29 is 19.1 Å². The molecule has 0 atom stereocenters. The largest absolute Gasteiger partial charge is 0.478 e. The van der Waals surface area contributed by atoms with Crippen molar-refractivity contribution in [1.82, 2.24) is 4.90 Å². The monoisotopic (exact) mass is 313 g/mol. The van der Waals surface area contributed by atoms with Gasteiger partial charge in [-0.3, -0.25) is 9.69 Å². The molecule has 0 aromatic heterocycles. The van der Waals surface area contributed by atoms with E-state index in [1.165, 1.54) is 13.2 Å². The molecule has 1 aromatic carbocycles. The molecule has 2 aliphatic rings. The molecule has 0 spiro atoms. The molecule has 0 aliphatic carbocycles. The number of methoxy groups -OCH3 is 1. The summed E-state index contributed by atoms with van der Waals surface area (Å²) in [6, 6.07) is 9.47. The zero-order valence-electron chi connectivity index (χ0n) is 13.5. The van der Waals surface area contributed by atoms with Gasteiger partial charge in [0.15, 0.2) is 0 Å². The molecule has 1 aromatic rings. The van der Waals surface area contributed by atoms with Gasteiger partial charge >= 0.3 is 5.97 Å². The number of hydrogen-bond acceptors (Lipinski definition) is 4. The van der Waals surface area contributed by atoms with Gasteiger partial charge in [0.25, 0.3) is 5.91 Å². The Hall–Kier alpha value is -2.56. The first-order valence-electron chi connectivity index (χ1n) is 7.47. The number of fused-ring (bicyclic) bond motifs is 1. The Morgan fingerprint density at radius 3 is 2.65 bits per heavy atom. The highest BCUT2D eigenvalue weighted by atomic mass is 16.5. The van der Waals surface area contributed by atoms with Crippen molar-refractivity contribution in [2.75, 3.05) is 20.3 Å². The third-order valence-electron chi connectivity index (χ3n) is 3.92. The number of nitrogens with zero attached hydrogens (tertiary/aromatic N) is 1. The van der Waals surface area contributed by atoms with E-state index in [9.17, 15) is 9.59 Å². The van der Waals surface area contributed by atoms with Crippen LogP contribution in [-0.2, 0) is 19.1 Å². The van der Waals surface area contributed by atoms with E-state index in [0.717, 1.165) is 5.56 Å². The molecule has 0 saturated carbocycles. The quantitative estimate of drug-likeness (QED) is 0.621. The van der Waals surface area contributed by atoms with E-state index in [4.69, 9.17) is 4.74 Å². The molecular formula is C18H19NO4. The number of carbonyl (C=O) groups is 2. The van der Waals surface area contributed by atoms with Gasteiger partial charge in [-0.25, -0.2) is 4.79 Å². The van der Waals surface area contributed by atoms with E-state index in [2.05, 4.69) is 4.74 Å². The Labute approximate surface area is 135 Å². The van der Waals surface area contributed by atoms with Crippen molar-refractivity contribution in [3.05, 3.63) is 53.4 Å². The molecule has 0 unspecified atom stereocenters. The number of amides is 1. The maximum atomic E-state index is 12.8. The molecule has 1 saturated heterocycles. The molecule has 1 amide bonds. The van der Waals surface area contributed by atoms with Gasteiger partial charge in [-0.15, -0.1) is 0 Å². The highest BCUT2D eigenvalue weighted by Gasteiger charge is 2.43. The van der Waals surface area contributed by atoms with Gasteiger partial charge in [-0.2, -0.15) is 0 Å². The summed E-state index contributed by atoms with van der Waals surface area (Å²) in [5, 5.41) is 0. The topological polar surface area (TPSA) is 55.8 Å². The molecule has 5 nitrogen and oxygen atoms in total.